The summed E-state index contributed by atoms with van der Waals surface area (Å²) in [7, 11) is 0. The third-order valence-corrected chi connectivity index (χ3v) is 5.93. The SMILES string of the molecule is CCC(CC)C(=O)N1CCC[C@H]1c1nc(Nc2ccccc2)cc(-c2ccncc2)n1. The van der Waals surface area contributed by atoms with Gasteiger partial charge in [-0.1, -0.05) is 32.0 Å². The lowest BCUT2D eigenvalue weighted by Gasteiger charge is -2.27. The van der Waals surface area contributed by atoms with E-state index in [4.69, 9.17) is 9.97 Å². The summed E-state index contributed by atoms with van der Waals surface area (Å²) in [4.78, 5) is 29.0. The molecule has 4 rings (SSSR count). The van der Waals surface area contributed by atoms with Crippen molar-refractivity contribution < 1.29 is 4.79 Å². The maximum absolute atomic E-state index is 13.2. The molecule has 1 amide bonds. The minimum Gasteiger partial charge on any atom is -0.340 e. The number of likely N-dealkylation sites (tertiary alicyclic amines) is 1. The Morgan fingerprint density at radius 2 is 1.84 bits per heavy atom. The third-order valence-electron chi connectivity index (χ3n) is 5.93. The number of nitrogens with one attached hydrogen (secondary N) is 1. The smallest absolute Gasteiger partial charge is 0.226 e. The summed E-state index contributed by atoms with van der Waals surface area (Å²) in [6, 6.07) is 15.7. The number of amides is 1. The van der Waals surface area contributed by atoms with Crippen molar-refractivity contribution in [3.8, 4) is 11.3 Å². The number of hydrogen-bond donors (Lipinski definition) is 1. The molecule has 160 valence electrons. The van der Waals surface area contributed by atoms with E-state index in [0.717, 1.165) is 55.0 Å². The number of nitrogens with zero attached hydrogens (tertiary/aromatic N) is 4. The Bertz CT molecular complexity index is 1000. The van der Waals surface area contributed by atoms with Crippen molar-refractivity contribution in [2.24, 2.45) is 5.92 Å². The third kappa shape index (κ3) is 4.74. The maximum atomic E-state index is 13.2. The molecule has 31 heavy (non-hydrogen) atoms. The highest BCUT2D eigenvalue weighted by Crippen LogP contribution is 2.34. The van der Waals surface area contributed by atoms with E-state index in [0.29, 0.717) is 5.82 Å². The van der Waals surface area contributed by atoms with Crippen LogP contribution in [0.1, 0.15) is 51.4 Å². The van der Waals surface area contributed by atoms with Crippen molar-refractivity contribution in [2.45, 2.75) is 45.6 Å². The largest absolute Gasteiger partial charge is 0.340 e. The van der Waals surface area contributed by atoms with E-state index >= 15 is 0 Å². The van der Waals surface area contributed by atoms with Gasteiger partial charge >= 0.3 is 0 Å². The first-order valence-electron chi connectivity index (χ1n) is 11.1. The van der Waals surface area contributed by atoms with Crippen LogP contribution in [0, 0.1) is 5.92 Å². The summed E-state index contributed by atoms with van der Waals surface area (Å²) < 4.78 is 0. The van der Waals surface area contributed by atoms with E-state index in [-0.39, 0.29) is 17.9 Å². The molecule has 0 aliphatic carbocycles. The van der Waals surface area contributed by atoms with Crippen molar-refractivity contribution >= 4 is 17.4 Å². The highest BCUT2D eigenvalue weighted by molar-refractivity contribution is 5.79. The monoisotopic (exact) mass is 415 g/mol. The van der Waals surface area contributed by atoms with Crippen LogP contribution in [0.25, 0.3) is 11.3 Å². The Balaban J connectivity index is 1.72. The second-order valence-corrected chi connectivity index (χ2v) is 7.93. The number of carbonyl (C=O) groups excluding carboxylic acids is 1. The first-order chi connectivity index (χ1) is 15.2. The van der Waals surface area contributed by atoms with E-state index in [1.165, 1.54) is 0 Å². The predicted octanol–water partition coefficient (Wildman–Crippen LogP) is 5.38. The van der Waals surface area contributed by atoms with Gasteiger partial charge < -0.3 is 10.2 Å². The normalized spacial score (nSPS) is 16.0. The molecule has 0 bridgehead atoms. The Hall–Kier alpha value is -3.28. The van der Waals surface area contributed by atoms with Crippen LogP contribution in [-0.2, 0) is 4.79 Å². The molecule has 6 heteroatoms. The van der Waals surface area contributed by atoms with Crippen LogP contribution < -0.4 is 5.32 Å². The van der Waals surface area contributed by atoms with Crippen molar-refractivity contribution in [1.29, 1.82) is 0 Å². The van der Waals surface area contributed by atoms with Crippen molar-refractivity contribution in [3.05, 3.63) is 66.7 Å². The second kappa shape index (κ2) is 9.69. The molecule has 1 aliphatic rings. The Labute approximate surface area is 183 Å². The van der Waals surface area contributed by atoms with Gasteiger partial charge in [0, 0.05) is 42.2 Å². The van der Waals surface area contributed by atoms with Gasteiger partial charge in [0.25, 0.3) is 0 Å². The first-order valence-corrected chi connectivity index (χ1v) is 11.1. The molecule has 1 aliphatic heterocycles. The van der Waals surface area contributed by atoms with Gasteiger partial charge in [0.2, 0.25) is 5.91 Å². The molecule has 3 heterocycles. The van der Waals surface area contributed by atoms with Crippen molar-refractivity contribution in [3.63, 3.8) is 0 Å². The second-order valence-electron chi connectivity index (χ2n) is 7.93. The first kappa shape index (κ1) is 21.0. The maximum Gasteiger partial charge on any atom is 0.226 e. The van der Waals surface area contributed by atoms with Crippen LogP contribution in [0.5, 0.6) is 0 Å². The van der Waals surface area contributed by atoms with Crippen LogP contribution in [0.3, 0.4) is 0 Å². The van der Waals surface area contributed by atoms with Gasteiger partial charge in [-0.05, 0) is 49.9 Å². The summed E-state index contributed by atoms with van der Waals surface area (Å²) in [6.07, 6.45) is 7.10. The topological polar surface area (TPSA) is 71.0 Å². The van der Waals surface area contributed by atoms with Crippen LogP contribution in [-0.4, -0.2) is 32.3 Å². The van der Waals surface area contributed by atoms with Crippen molar-refractivity contribution in [2.75, 3.05) is 11.9 Å². The average molecular weight is 416 g/mol. The Kier molecular flexibility index (Phi) is 6.55. The Morgan fingerprint density at radius 3 is 2.55 bits per heavy atom. The van der Waals surface area contributed by atoms with E-state index in [2.05, 4.69) is 24.1 Å². The zero-order valence-corrected chi connectivity index (χ0v) is 18.2. The minimum absolute atomic E-state index is 0.0610. The molecule has 0 unspecified atom stereocenters. The number of aromatic nitrogens is 3. The summed E-state index contributed by atoms with van der Waals surface area (Å²) in [5.74, 6) is 1.71. The number of benzene rings is 1. The summed E-state index contributed by atoms with van der Waals surface area (Å²) in [6.45, 7) is 4.93. The van der Waals surface area contributed by atoms with Gasteiger partial charge in [0.15, 0.2) is 5.82 Å². The van der Waals surface area contributed by atoms with Gasteiger partial charge in [0.1, 0.15) is 5.82 Å². The lowest BCUT2D eigenvalue weighted by molar-refractivity contribution is -0.136. The molecule has 2 aromatic heterocycles. The standard InChI is InChI=1S/C25H29N5O/c1-3-18(4-2)25(31)30-16-8-11-22(30)24-28-21(19-12-14-26-15-13-19)17-23(29-24)27-20-9-6-5-7-10-20/h5-7,9-10,12-15,17-18,22H,3-4,8,11,16H2,1-2H3,(H,27,28,29)/t22-/m0/s1. The highest BCUT2D eigenvalue weighted by Gasteiger charge is 2.34. The van der Waals surface area contributed by atoms with Crippen LogP contribution in [0.2, 0.25) is 0 Å². The molecule has 1 fully saturated rings. The molecule has 0 spiro atoms. The van der Waals surface area contributed by atoms with E-state index < -0.39 is 0 Å². The highest BCUT2D eigenvalue weighted by atomic mass is 16.2. The van der Waals surface area contributed by atoms with E-state index in [1.807, 2.05) is 53.4 Å². The lowest BCUT2D eigenvalue weighted by Crippen LogP contribution is -2.36. The fourth-order valence-corrected chi connectivity index (χ4v) is 4.19. The number of carbonyl (C=O) groups is 1. The van der Waals surface area contributed by atoms with Gasteiger partial charge in [-0.25, -0.2) is 9.97 Å². The zero-order valence-electron chi connectivity index (χ0n) is 18.2. The van der Waals surface area contributed by atoms with E-state index in [1.54, 1.807) is 12.4 Å². The van der Waals surface area contributed by atoms with Gasteiger partial charge in [0.05, 0.1) is 11.7 Å². The molecule has 0 radical (unpaired) electrons. The Morgan fingerprint density at radius 1 is 1.10 bits per heavy atom. The molecule has 1 N–H and O–H groups in total. The quantitative estimate of drug-likeness (QED) is 0.561. The fourth-order valence-electron chi connectivity index (χ4n) is 4.19. The van der Waals surface area contributed by atoms with E-state index in [9.17, 15) is 4.79 Å². The summed E-state index contributed by atoms with van der Waals surface area (Å²) in [5.41, 5.74) is 2.77. The minimum atomic E-state index is -0.0915. The summed E-state index contributed by atoms with van der Waals surface area (Å²) >= 11 is 0. The lowest BCUT2D eigenvalue weighted by atomic mass is 10.0. The number of pyridine rings is 1. The molecule has 1 saturated heterocycles. The van der Waals surface area contributed by atoms with Gasteiger partial charge in [-0.3, -0.25) is 9.78 Å². The molecule has 1 atom stereocenters. The fraction of sp³-hybridized carbons (Fsp3) is 0.360. The van der Waals surface area contributed by atoms with Crippen LogP contribution in [0.15, 0.2) is 60.9 Å². The molecular weight excluding hydrogens is 386 g/mol. The van der Waals surface area contributed by atoms with Crippen LogP contribution in [0.4, 0.5) is 11.5 Å². The molecular formula is C25H29N5O. The summed E-state index contributed by atoms with van der Waals surface area (Å²) in [5, 5.41) is 3.40. The number of para-hydroxylation sites is 1. The number of rotatable bonds is 7. The number of hydrogen-bond acceptors (Lipinski definition) is 5. The van der Waals surface area contributed by atoms with Gasteiger partial charge in [-0.15, -0.1) is 0 Å². The zero-order chi connectivity index (χ0) is 21.6. The van der Waals surface area contributed by atoms with Gasteiger partial charge in [-0.2, -0.15) is 0 Å². The number of anilines is 2. The molecule has 0 saturated carbocycles. The predicted molar refractivity (Wildman–Crippen MR) is 123 cm³/mol. The average Bonchev–Trinajstić information content (AvgIpc) is 3.31. The molecule has 3 aromatic rings. The van der Waals surface area contributed by atoms with Crippen LogP contribution >= 0.6 is 0 Å². The molecule has 6 nitrogen and oxygen atoms in total. The molecule has 1 aromatic carbocycles. The van der Waals surface area contributed by atoms with Crippen molar-refractivity contribution in [1.82, 2.24) is 19.9 Å².